The van der Waals surface area contributed by atoms with Gasteiger partial charge in [0, 0.05) is 18.7 Å². The highest BCUT2D eigenvalue weighted by Crippen LogP contribution is 2.16. The van der Waals surface area contributed by atoms with Gasteiger partial charge in [0.25, 0.3) is 5.91 Å². The number of hydrogen-bond acceptors (Lipinski definition) is 4. The molecular weight excluding hydrogens is 402 g/mol. The van der Waals surface area contributed by atoms with E-state index in [0.717, 1.165) is 0 Å². The average molecular weight is 428 g/mol. The standard InChI is InChI=1S/C22H25N3O4S/c1-4-15-23-22(27)19-7-5-6-8-20(19)24-21(26)14-11-17-9-12-18(13-10-17)30(28,29)25-16(2)3/h4-14,16,25H,1,15H2,2-3H3,(H,23,27)(H,24,26)/b14-11+. The van der Waals surface area contributed by atoms with E-state index >= 15 is 0 Å². The van der Waals surface area contributed by atoms with Crippen LogP contribution in [0.5, 0.6) is 0 Å². The topological polar surface area (TPSA) is 104 Å². The summed E-state index contributed by atoms with van der Waals surface area (Å²) >= 11 is 0. The number of anilines is 1. The second kappa shape index (κ2) is 10.5. The maximum Gasteiger partial charge on any atom is 0.253 e. The van der Waals surface area contributed by atoms with Gasteiger partial charge in [0.2, 0.25) is 15.9 Å². The van der Waals surface area contributed by atoms with Crippen molar-refractivity contribution in [3.8, 4) is 0 Å². The van der Waals surface area contributed by atoms with Crippen molar-refractivity contribution in [2.45, 2.75) is 24.8 Å². The number of hydrogen-bond donors (Lipinski definition) is 3. The zero-order valence-corrected chi connectivity index (χ0v) is 17.7. The van der Waals surface area contributed by atoms with Gasteiger partial charge in [-0.15, -0.1) is 6.58 Å². The van der Waals surface area contributed by atoms with Gasteiger partial charge in [-0.1, -0.05) is 30.3 Å². The fourth-order valence-electron chi connectivity index (χ4n) is 2.53. The van der Waals surface area contributed by atoms with Gasteiger partial charge in [-0.25, -0.2) is 13.1 Å². The van der Waals surface area contributed by atoms with Crippen molar-refractivity contribution >= 4 is 33.6 Å². The Bertz CT molecular complexity index is 1040. The molecule has 0 saturated heterocycles. The molecule has 0 bridgehead atoms. The molecule has 30 heavy (non-hydrogen) atoms. The van der Waals surface area contributed by atoms with Gasteiger partial charge < -0.3 is 10.6 Å². The van der Waals surface area contributed by atoms with Crippen LogP contribution in [0.4, 0.5) is 5.69 Å². The van der Waals surface area contributed by atoms with Crippen molar-refractivity contribution in [1.82, 2.24) is 10.0 Å². The minimum absolute atomic E-state index is 0.150. The lowest BCUT2D eigenvalue weighted by Crippen LogP contribution is -2.30. The Kier molecular flexibility index (Phi) is 8.08. The van der Waals surface area contributed by atoms with E-state index < -0.39 is 15.9 Å². The summed E-state index contributed by atoms with van der Waals surface area (Å²) in [5.41, 5.74) is 1.38. The maximum absolute atomic E-state index is 12.3. The summed E-state index contributed by atoms with van der Waals surface area (Å²) < 4.78 is 26.8. The minimum Gasteiger partial charge on any atom is -0.349 e. The van der Waals surface area contributed by atoms with E-state index in [9.17, 15) is 18.0 Å². The molecule has 0 radical (unpaired) electrons. The summed E-state index contributed by atoms with van der Waals surface area (Å²) in [4.78, 5) is 24.6. The molecule has 7 nitrogen and oxygen atoms in total. The molecule has 2 amide bonds. The van der Waals surface area contributed by atoms with Crippen LogP contribution in [0.15, 0.2) is 72.2 Å². The summed E-state index contributed by atoms with van der Waals surface area (Å²) in [6, 6.07) is 12.6. The Balaban J connectivity index is 2.07. The number of para-hydroxylation sites is 1. The molecule has 2 aromatic carbocycles. The molecule has 0 aliphatic heterocycles. The van der Waals surface area contributed by atoms with Crippen LogP contribution in [0.3, 0.4) is 0 Å². The quantitative estimate of drug-likeness (QED) is 0.423. The molecule has 0 saturated carbocycles. The van der Waals surface area contributed by atoms with Gasteiger partial charge in [-0.05, 0) is 49.8 Å². The number of carbonyl (C=O) groups excluding carboxylic acids is 2. The molecule has 2 rings (SSSR count). The highest BCUT2D eigenvalue weighted by molar-refractivity contribution is 7.89. The van der Waals surface area contributed by atoms with Crippen LogP contribution in [-0.4, -0.2) is 32.8 Å². The van der Waals surface area contributed by atoms with E-state index in [4.69, 9.17) is 0 Å². The molecule has 0 aliphatic rings. The van der Waals surface area contributed by atoms with Crippen molar-refractivity contribution in [1.29, 1.82) is 0 Å². The lowest BCUT2D eigenvalue weighted by molar-refractivity contribution is -0.111. The SMILES string of the molecule is C=CCNC(=O)c1ccccc1NC(=O)/C=C/c1ccc(S(=O)(=O)NC(C)C)cc1. The summed E-state index contributed by atoms with van der Waals surface area (Å²) in [7, 11) is -3.57. The molecule has 158 valence electrons. The Morgan fingerprint density at radius 2 is 1.73 bits per heavy atom. The van der Waals surface area contributed by atoms with Gasteiger partial charge in [-0.3, -0.25) is 9.59 Å². The Labute approximate surface area is 176 Å². The van der Waals surface area contributed by atoms with Gasteiger partial charge in [0.05, 0.1) is 16.1 Å². The van der Waals surface area contributed by atoms with E-state index in [2.05, 4.69) is 21.9 Å². The van der Waals surface area contributed by atoms with Gasteiger partial charge in [0.1, 0.15) is 0 Å². The van der Waals surface area contributed by atoms with Crippen LogP contribution < -0.4 is 15.4 Å². The number of sulfonamides is 1. The van der Waals surface area contributed by atoms with E-state index in [1.807, 2.05) is 0 Å². The number of carbonyl (C=O) groups is 2. The lowest BCUT2D eigenvalue weighted by Gasteiger charge is -2.10. The minimum atomic E-state index is -3.57. The van der Waals surface area contributed by atoms with E-state index in [-0.39, 0.29) is 16.8 Å². The lowest BCUT2D eigenvalue weighted by atomic mass is 10.1. The third-order valence-corrected chi connectivity index (χ3v) is 5.52. The summed E-state index contributed by atoms with van der Waals surface area (Å²) in [6.45, 7) is 7.36. The normalized spacial score (nSPS) is 11.4. The average Bonchev–Trinajstić information content (AvgIpc) is 2.70. The zero-order valence-electron chi connectivity index (χ0n) is 16.9. The molecule has 0 aliphatic carbocycles. The van der Waals surface area contributed by atoms with E-state index in [1.54, 1.807) is 62.4 Å². The molecule has 0 unspecified atom stereocenters. The first-order valence-electron chi connectivity index (χ1n) is 9.32. The smallest absolute Gasteiger partial charge is 0.253 e. The van der Waals surface area contributed by atoms with Crippen molar-refractivity contribution in [2.75, 3.05) is 11.9 Å². The first kappa shape index (κ1) is 23.1. The fraction of sp³-hybridized carbons (Fsp3) is 0.182. The van der Waals surface area contributed by atoms with Crippen molar-refractivity contribution in [2.24, 2.45) is 0 Å². The number of nitrogens with one attached hydrogen (secondary N) is 3. The molecule has 0 aromatic heterocycles. The van der Waals surface area contributed by atoms with Crippen molar-refractivity contribution in [3.05, 3.63) is 78.4 Å². The Morgan fingerprint density at radius 3 is 2.37 bits per heavy atom. The monoisotopic (exact) mass is 427 g/mol. The Morgan fingerprint density at radius 1 is 1.07 bits per heavy atom. The molecule has 8 heteroatoms. The summed E-state index contributed by atoms with van der Waals surface area (Å²) in [6.07, 6.45) is 4.44. The van der Waals surface area contributed by atoms with Crippen LogP contribution in [0, 0.1) is 0 Å². The first-order chi connectivity index (χ1) is 14.2. The van der Waals surface area contributed by atoms with Crippen LogP contribution in [0.2, 0.25) is 0 Å². The zero-order chi connectivity index (χ0) is 22.1. The summed E-state index contributed by atoms with van der Waals surface area (Å²) in [5.74, 6) is -0.737. The summed E-state index contributed by atoms with van der Waals surface area (Å²) in [5, 5.41) is 5.35. The molecule has 3 N–H and O–H groups in total. The Hall–Kier alpha value is -3.23. The van der Waals surface area contributed by atoms with Crippen molar-refractivity contribution < 1.29 is 18.0 Å². The number of benzene rings is 2. The maximum atomic E-state index is 12.3. The van der Waals surface area contributed by atoms with Crippen LogP contribution in [0.1, 0.15) is 29.8 Å². The highest BCUT2D eigenvalue weighted by Gasteiger charge is 2.15. The van der Waals surface area contributed by atoms with Crippen LogP contribution >= 0.6 is 0 Å². The predicted octanol–water partition coefficient (Wildman–Crippen LogP) is 2.94. The largest absolute Gasteiger partial charge is 0.349 e. The first-order valence-corrected chi connectivity index (χ1v) is 10.8. The van der Waals surface area contributed by atoms with Gasteiger partial charge in [0.15, 0.2) is 0 Å². The number of amides is 2. The second-order valence-corrected chi connectivity index (χ2v) is 8.43. The second-order valence-electron chi connectivity index (χ2n) is 6.71. The molecule has 0 heterocycles. The molecule has 0 atom stereocenters. The molecular formula is C22H25N3O4S. The number of rotatable bonds is 9. The molecule has 0 fully saturated rings. The van der Waals surface area contributed by atoms with Crippen LogP contribution in [-0.2, 0) is 14.8 Å². The third kappa shape index (κ3) is 6.68. The van der Waals surface area contributed by atoms with E-state index in [0.29, 0.717) is 23.4 Å². The van der Waals surface area contributed by atoms with Crippen molar-refractivity contribution in [3.63, 3.8) is 0 Å². The molecule has 2 aromatic rings. The van der Waals surface area contributed by atoms with Crippen LogP contribution in [0.25, 0.3) is 6.08 Å². The highest BCUT2D eigenvalue weighted by atomic mass is 32.2. The van der Waals surface area contributed by atoms with Gasteiger partial charge in [-0.2, -0.15) is 0 Å². The predicted molar refractivity (Wildman–Crippen MR) is 119 cm³/mol. The van der Waals surface area contributed by atoms with Gasteiger partial charge >= 0.3 is 0 Å². The molecule has 0 spiro atoms. The third-order valence-electron chi connectivity index (χ3n) is 3.84. The van der Waals surface area contributed by atoms with E-state index in [1.165, 1.54) is 18.2 Å². The fourth-order valence-corrected chi connectivity index (χ4v) is 3.78.